The van der Waals surface area contributed by atoms with Gasteiger partial charge in [0.1, 0.15) is 5.76 Å². The number of hydrogen-bond donors (Lipinski definition) is 1. The molecule has 3 rings (SSSR count). The smallest absolute Gasteiger partial charge is 0.234 e. The molecule has 0 aliphatic rings. The first-order valence-corrected chi connectivity index (χ1v) is 7.81. The average Bonchev–Trinajstić information content (AvgIpc) is 3.14. The lowest BCUT2D eigenvalue weighted by atomic mass is 10.3. The molecule has 3 aromatic rings. The van der Waals surface area contributed by atoms with Crippen molar-refractivity contribution in [2.75, 3.05) is 13.6 Å². The second kappa shape index (κ2) is 6.84. The van der Waals surface area contributed by atoms with Crippen LogP contribution >= 0.6 is 0 Å². The largest absolute Gasteiger partial charge is 0.467 e. The van der Waals surface area contributed by atoms with Gasteiger partial charge in [0.15, 0.2) is 0 Å². The van der Waals surface area contributed by atoms with E-state index in [2.05, 4.69) is 15.3 Å². The number of nitrogens with one attached hydrogen (secondary N) is 1. The molecule has 0 aliphatic carbocycles. The van der Waals surface area contributed by atoms with Crippen molar-refractivity contribution in [1.82, 2.24) is 24.6 Å². The summed E-state index contributed by atoms with van der Waals surface area (Å²) in [5, 5.41) is 2.83. The van der Waals surface area contributed by atoms with Gasteiger partial charge in [0.25, 0.3) is 0 Å². The molecule has 0 spiro atoms. The number of likely N-dealkylation sites (N-methyl/N-ethyl adjacent to an activating group) is 1. The minimum Gasteiger partial charge on any atom is -0.467 e. The molecule has 3 aromatic heterocycles. The van der Waals surface area contributed by atoms with Gasteiger partial charge in [-0.2, -0.15) is 0 Å². The first kappa shape index (κ1) is 16.2. The van der Waals surface area contributed by atoms with Crippen LogP contribution in [0.5, 0.6) is 0 Å². The normalized spacial score (nSPS) is 11.3. The van der Waals surface area contributed by atoms with Crippen LogP contribution < -0.4 is 5.32 Å². The number of aryl methyl sites for hydroxylation is 2. The summed E-state index contributed by atoms with van der Waals surface area (Å²) in [5.41, 5.74) is 2.93. The zero-order chi connectivity index (χ0) is 17.1. The van der Waals surface area contributed by atoms with Crippen molar-refractivity contribution >= 4 is 11.7 Å². The zero-order valence-corrected chi connectivity index (χ0v) is 14.1. The van der Waals surface area contributed by atoms with Crippen LogP contribution in [-0.2, 0) is 17.9 Å². The highest BCUT2D eigenvalue weighted by molar-refractivity contribution is 5.77. The highest BCUT2D eigenvalue weighted by atomic mass is 16.3. The first-order valence-electron chi connectivity index (χ1n) is 7.81. The predicted octanol–water partition coefficient (Wildman–Crippen LogP) is 1.69. The maximum Gasteiger partial charge on any atom is 0.234 e. The van der Waals surface area contributed by atoms with E-state index in [1.165, 1.54) is 0 Å². The number of nitrogens with zero attached hydrogens (tertiary/aromatic N) is 4. The number of carbonyl (C=O) groups is 1. The van der Waals surface area contributed by atoms with Gasteiger partial charge < -0.3 is 9.73 Å². The summed E-state index contributed by atoms with van der Waals surface area (Å²) in [6.45, 7) is 5.25. The van der Waals surface area contributed by atoms with Crippen molar-refractivity contribution in [1.29, 1.82) is 0 Å². The molecule has 1 N–H and O–H groups in total. The van der Waals surface area contributed by atoms with Gasteiger partial charge in [-0.25, -0.2) is 9.97 Å². The van der Waals surface area contributed by atoms with Crippen LogP contribution in [0.15, 0.2) is 35.1 Å². The molecule has 24 heavy (non-hydrogen) atoms. The molecule has 0 unspecified atom stereocenters. The summed E-state index contributed by atoms with van der Waals surface area (Å²) in [6.07, 6.45) is 3.56. The molecule has 0 saturated carbocycles. The van der Waals surface area contributed by atoms with E-state index >= 15 is 0 Å². The Hall–Kier alpha value is -2.67. The fourth-order valence-electron chi connectivity index (χ4n) is 2.63. The molecule has 0 aromatic carbocycles. The van der Waals surface area contributed by atoms with E-state index in [0.29, 0.717) is 25.4 Å². The minimum atomic E-state index is -0.0529. The molecular weight excluding hydrogens is 306 g/mol. The SMILES string of the molecule is Cc1cc(C)n2cc(CN(C)CC(=O)NCc3ccco3)nc2n1. The van der Waals surface area contributed by atoms with Gasteiger partial charge in [-0.3, -0.25) is 14.1 Å². The molecule has 0 radical (unpaired) electrons. The van der Waals surface area contributed by atoms with Crippen molar-refractivity contribution in [3.05, 3.63) is 53.5 Å². The summed E-state index contributed by atoms with van der Waals surface area (Å²) >= 11 is 0. The highest BCUT2D eigenvalue weighted by Crippen LogP contribution is 2.09. The van der Waals surface area contributed by atoms with Crippen molar-refractivity contribution in [2.24, 2.45) is 0 Å². The standard InChI is InChI=1S/C17H21N5O2/c1-12-7-13(2)22-10-14(20-17(22)19-12)9-21(3)11-16(23)18-8-15-5-4-6-24-15/h4-7,10H,8-9,11H2,1-3H3,(H,18,23). The molecule has 0 aliphatic heterocycles. The number of carbonyl (C=O) groups excluding carboxylic acids is 1. The van der Waals surface area contributed by atoms with Gasteiger partial charge in [0.2, 0.25) is 11.7 Å². The summed E-state index contributed by atoms with van der Waals surface area (Å²) in [7, 11) is 1.89. The van der Waals surface area contributed by atoms with Crippen LogP contribution in [0.4, 0.5) is 0 Å². The number of furan rings is 1. The van der Waals surface area contributed by atoms with Crippen LogP contribution in [0.1, 0.15) is 22.8 Å². The topological polar surface area (TPSA) is 75.7 Å². The number of amides is 1. The number of aromatic nitrogens is 3. The van der Waals surface area contributed by atoms with Crippen LogP contribution in [-0.4, -0.2) is 38.8 Å². The maximum atomic E-state index is 12.0. The zero-order valence-electron chi connectivity index (χ0n) is 14.1. The number of hydrogen-bond acceptors (Lipinski definition) is 5. The molecule has 0 fully saturated rings. The number of rotatable bonds is 6. The summed E-state index contributed by atoms with van der Waals surface area (Å²) < 4.78 is 7.16. The maximum absolute atomic E-state index is 12.0. The second-order valence-corrected chi connectivity index (χ2v) is 5.97. The van der Waals surface area contributed by atoms with Crippen LogP contribution in [0.3, 0.4) is 0 Å². The van der Waals surface area contributed by atoms with Crippen molar-refractivity contribution < 1.29 is 9.21 Å². The quantitative estimate of drug-likeness (QED) is 0.745. The molecule has 0 bridgehead atoms. The fraction of sp³-hybridized carbons (Fsp3) is 0.353. The van der Waals surface area contributed by atoms with E-state index in [0.717, 1.165) is 22.8 Å². The molecule has 0 saturated heterocycles. The number of imidazole rings is 1. The van der Waals surface area contributed by atoms with Gasteiger partial charge >= 0.3 is 0 Å². The van der Waals surface area contributed by atoms with E-state index in [1.807, 2.05) is 48.5 Å². The summed E-state index contributed by atoms with van der Waals surface area (Å²) in [5.74, 6) is 1.38. The van der Waals surface area contributed by atoms with Gasteiger partial charge in [0, 0.05) is 24.1 Å². The molecule has 7 nitrogen and oxygen atoms in total. The lowest BCUT2D eigenvalue weighted by molar-refractivity contribution is -0.122. The molecule has 7 heteroatoms. The third-order valence-electron chi connectivity index (χ3n) is 3.70. The van der Waals surface area contributed by atoms with Crippen molar-refractivity contribution in [2.45, 2.75) is 26.9 Å². The molecule has 3 heterocycles. The lowest BCUT2D eigenvalue weighted by Crippen LogP contribution is -2.34. The fourth-order valence-corrected chi connectivity index (χ4v) is 2.63. The summed E-state index contributed by atoms with van der Waals surface area (Å²) in [6, 6.07) is 5.65. The molecule has 126 valence electrons. The van der Waals surface area contributed by atoms with Crippen LogP contribution in [0.25, 0.3) is 5.78 Å². The van der Waals surface area contributed by atoms with E-state index in [1.54, 1.807) is 12.3 Å². The van der Waals surface area contributed by atoms with Gasteiger partial charge in [-0.15, -0.1) is 0 Å². The van der Waals surface area contributed by atoms with E-state index in [4.69, 9.17) is 4.42 Å². The van der Waals surface area contributed by atoms with Crippen molar-refractivity contribution in [3.8, 4) is 0 Å². The Morgan fingerprint density at radius 1 is 1.38 bits per heavy atom. The Labute approximate surface area is 140 Å². The van der Waals surface area contributed by atoms with Crippen molar-refractivity contribution in [3.63, 3.8) is 0 Å². The van der Waals surface area contributed by atoms with Gasteiger partial charge in [-0.1, -0.05) is 0 Å². The van der Waals surface area contributed by atoms with Crippen LogP contribution in [0.2, 0.25) is 0 Å². The van der Waals surface area contributed by atoms with E-state index < -0.39 is 0 Å². The van der Waals surface area contributed by atoms with Gasteiger partial charge in [0.05, 0.1) is 25.0 Å². The Balaban J connectivity index is 1.57. The second-order valence-electron chi connectivity index (χ2n) is 5.97. The average molecular weight is 327 g/mol. The van der Waals surface area contributed by atoms with E-state index in [-0.39, 0.29) is 5.91 Å². The Morgan fingerprint density at radius 2 is 2.21 bits per heavy atom. The lowest BCUT2D eigenvalue weighted by Gasteiger charge is -2.14. The van der Waals surface area contributed by atoms with Crippen LogP contribution in [0, 0.1) is 13.8 Å². The Bertz CT molecular complexity index is 838. The highest BCUT2D eigenvalue weighted by Gasteiger charge is 2.11. The van der Waals surface area contributed by atoms with Gasteiger partial charge in [-0.05, 0) is 39.1 Å². The Morgan fingerprint density at radius 3 is 2.96 bits per heavy atom. The molecule has 1 amide bonds. The first-order chi connectivity index (χ1) is 11.5. The predicted molar refractivity (Wildman–Crippen MR) is 89.3 cm³/mol. The Kier molecular flexibility index (Phi) is 4.61. The van der Waals surface area contributed by atoms with E-state index in [9.17, 15) is 4.79 Å². The molecule has 0 atom stereocenters. The minimum absolute atomic E-state index is 0.0529. The number of fused-ring (bicyclic) bond motifs is 1. The monoisotopic (exact) mass is 327 g/mol. The third kappa shape index (κ3) is 3.80. The summed E-state index contributed by atoms with van der Waals surface area (Å²) in [4.78, 5) is 22.9. The third-order valence-corrected chi connectivity index (χ3v) is 3.70. The molecular formula is C17H21N5O2.